The van der Waals surface area contributed by atoms with Crippen LogP contribution in [-0.4, -0.2) is 17.3 Å². The van der Waals surface area contributed by atoms with Crippen LogP contribution in [0.2, 0.25) is 0 Å². The van der Waals surface area contributed by atoms with Crippen LogP contribution in [0.25, 0.3) is 0 Å². The van der Waals surface area contributed by atoms with E-state index < -0.39 is 0 Å². The predicted molar refractivity (Wildman–Crippen MR) is 46.3 cm³/mol. The van der Waals surface area contributed by atoms with Crippen LogP contribution < -0.4 is 5.73 Å². The van der Waals surface area contributed by atoms with Gasteiger partial charge in [0.05, 0.1) is 0 Å². The first kappa shape index (κ1) is 9.73. The second kappa shape index (κ2) is 6.84. The SMILES string of the molecule is NCC(Cl)CCCCBr. The molecule has 56 valence electrons. The van der Waals surface area contributed by atoms with Crippen LogP contribution >= 0.6 is 27.5 Å². The Balaban J connectivity index is 2.88. The van der Waals surface area contributed by atoms with E-state index in [9.17, 15) is 0 Å². The van der Waals surface area contributed by atoms with Crippen LogP contribution in [-0.2, 0) is 0 Å². The van der Waals surface area contributed by atoms with Gasteiger partial charge in [-0.15, -0.1) is 11.6 Å². The molecule has 0 aliphatic heterocycles. The molecule has 0 aromatic heterocycles. The molecule has 0 heterocycles. The van der Waals surface area contributed by atoms with E-state index in [1.165, 1.54) is 12.8 Å². The number of halogens is 2. The highest BCUT2D eigenvalue weighted by molar-refractivity contribution is 9.09. The van der Waals surface area contributed by atoms with Crippen LogP contribution in [0.4, 0.5) is 0 Å². The standard InChI is InChI=1S/C6H13BrClN/c7-4-2-1-3-6(8)5-9/h6H,1-5,9H2. The number of unbranched alkanes of at least 4 members (excludes halogenated alkanes) is 1. The lowest BCUT2D eigenvalue weighted by Crippen LogP contribution is -2.13. The summed E-state index contributed by atoms with van der Waals surface area (Å²) < 4.78 is 0. The first-order chi connectivity index (χ1) is 4.31. The van der Waals surface area contributed by atoms with Crippen molar-refractivity contribution in [1.29, 1.82) is 0 Å². The molecule has 0 bridgehead atoms. The third kappa shape index (κ3) is 6.62. The summed E-state index contributed by atoms with van der Waals surface area (Å²) in [4.78, 5) is 0. The van der Waals surface area contributed by atoms with Crippen molar-refractivity contribution in [3.05, 3.63) is 0 Å². The maximum atomic E-state index is 5.76. The van der Waals surface area contributed by atoms with Crippen molar-refractivity contribution in [3.8, 4) is 0 Å². The summed E-state index contributed by atoms with van der Waals surface area (Å²) in [6.07, 6.45) is 3.42. The maximum Gasteiger partial charge on any atom is 0.0458 e. The Bertz CT molecular complexity index is 61.0. The van der Waals surface area contributed by atoms with Gasteiger partial charge in [-0.2, -0.15) is 0 Å². The van der Waals surface area contributed by atoms with E-state index in [2.05, 4.69) is 15.9 Å². The molecule has 0 radical (unpaired) electrons. The quantitative estimate of drug-likeness (QED) is 0.551. The average Bonchev–Trinajstić information content (AvgIpc) is 1.89. The average molecular weight is 215 g/mol. The predicted octanol–water partition coefficient (Wildman–Crippen LogP) is 2.12. The Hall–Kier alpha value is 0.730. The molecule has 0 aliphatic rings. The van der Waals surface area contributed by atoms with Crippen LogP contribution in [0.15, 0.2) is 0 Å². The molecule has 0 spiro atoms. The third-order valence-electron chi connectivity index (χ3n) is 1.16. The van der Waals surface area contributed by atoms with Gasteiger partial charge in [-0.3, -0.25) is 0 Å². The Morgan fingerprint density at radius 2 is 2.11 bits per heavy atom. The fraction of sp³-hybridized carbons (Fsp3) is 1.00. The monoisotopic (exact) mass is 213 g/mol. The van der Waals surface area contributed by atoms with E-state index in [0.717, 1.165) is 11.8 Å². The van der Waals surface area contributed by atoms with Crippen molar-refractivity contribution in [2.24, 2.45) is 5.73 Å². The summed E-state index contributed by atoms with van der Waals surface area (Å²) in [5, 5.41) is 1.25. The van der Waals surface area contributed by atoms with Gasteiger partial charge < -0.3 is 5.73 Å². The molecule has 0 fully saturated rings. The van der Waals surface area contributed by atoms with E-state index in [1.54, 1.807) is 0 Å². The van der Waals surface area contributed by atoms with E-state index in [4.69, 9.17) is 17.3 Å². The highest BCUT2D eigenvalue weighted by Crippen LogP contribution is 2.06. The lowest BCUT2D eigenvalue weighted by atomic mass is 10.2. The van der Waals surface area contributed by atoms with Crippen molar-refractivity contribution in [1.82, 2.24) is 0 Å². The molecule has 0 aliphatic carbocycles. The van der Waals surface area contributed by atoms with Crippen molar-refractivity contribution in [2.75, 3.05) is 11.9 Å². The number of hydrogen-bond acceptors (Lipinski definition) is 1. The summed E-state index contributed by atoms with van der Waals surface area (Å²) in [6.45, 7) is 0.601. The number of rotatable bonds is 5. The van der Waals surface area contributed by atoms with Gasteiger partial charge >= 0.3 is 0 Å². The molecule has 1 nitrogen and oxygen atoms in total. The third-order valence-corrected chi connectivity index (χ3v) is 2.11. The molecule has 0 saturated heterocycles. The van der Waals surface area contributed by atoms with E-state index in [-0.39, 0.29) is 5.38 Å². The van der Waals surface area contributed by atoms with E-state index in [0.29, 0.717) is 6.54 Å². The van der Waals surface area contributed by atoms with Gasteiger partial charge in [-0.05, 0) is 12.8 Å². The molecule has 0 aromatic rings. The summed E-state index contributed by atoms with van der Waals surface area (Å²) in [6, 6.07) is 0. The molecule has 0 rings (SSSR count). The molecule has 2 N–H and O–H groups in total. The lowest BCUT2D eigenvalue weighted by molar-refractivity contribution is 0.686. The summed E-state index contributed by atoms with van der Waals surface area (Å²) in [5.74, 6) is 0. The minimum atomic E-state index is 0.184. The van der Waals surface area contributed by atoms with Crippen molar-refractivity contribution in [2.45, 2.75) is 24.6 Å². The fourth-order valence-electron chi connectivity index (χ4n) is 0.578. The Morgan fingerprint density at radius 1 is 1.44 bits per heavy atom. The number of hydrogen-bond donors (Lipinski definition) is 1. The van der Waals surface area contributed by atoms with Gasteiger partial charge in [-0.1, -0.05) is 22.4 Å². The van der Waals surface area contributed by atoms with Gasteiger partial charge in [0.15, 0.2) is 0 Å². The fourth-order valence-corrected chi connectivity index (χ4v) is 1.13. The summed E-state index contributed by atoms with van der Waals surface area (Å²) in [5.41, 5.74) is 5.31. The van der Waals surface area contributed by atoms with Gasteiger partial charge in [0, 0.05) is 17.3 Å². The molecule has 1 unspecified atom stereocenters. The lowest BCUT2D eigenvalue weighted by Gasteiger charge is -2.03. The van der Waals surface area contributed by atoms with Crippen LogP contribution in [0.3, 0.4) is 0 Å². The van der Waals surface area contributed by atoms with Crippen molar-refractivity contribution in [3.63, 3.8) is 0 Å². The summed E-state index contributed by atoms with van der Waals surface area (Å²) in [7, 11) is 0. The molecule has 1 atom stereocenters. The first-order valence-corrected chi connectivity index (χ1v) is 4.77. The number of nitrogens with two attached hydrogens (primary N) is 1. The van der Waals surface area contributed by atoms with Gasteiger partial charge in [0.25, 0.3) is 0 Å². The van der Waals surface area contributed by atoms with Gasteiger partial charge in [-0.25, -0.2) is 0 Å². The summed E-state index contributed by atoms with van der Waals surface area (Å²) >= 11 is 9.11. The van der Waals surface area contributed by atoms with Crippen molar-refractivity contribution >= 4 is 27.5 Å². The van der Waals surface area contributed by atoms with E-state index in [1.807, 2.05) is 0 Å². The highest BCUT2D eigenvalue weighted by Gasteiger charge is 1.98. The Labute approximate surface area is 70.1 Å². The van der Waals surface area contributed by atoms with Gasteiger partial charge in [0.1, 0.15) is 0 Å². The van der Waals surface area contributed by atoms with Crippen molar-refractivity contribution < 1.29 is 0 Å². The molecule has 0 amide bonds. The molecule has 3 heteroatoms. The number of alkyl halides is 2. The Kier molecular flexibility index (Phi) is 7.40. The minimum Gasteiger partial charge on any atom is -0.329 e. The van der Waals surface area contributed by atoms with Crippen LogP contribution in [0.5, 0.6) is 0 Å². The molecule has 0 aromatic carbocycles. The molecule has 9 heavy (non-hydrogen) atoms. The highest BCUT2D eigenvalue weighted by atomic mass is 79.9. The maximum absolute atomic E-state index is 5.76. The smallest absolute Gasteiger partial charge is 0.0458 e. The zero-order chi connectivity index (χ0) is 7.11. The normalized spacial score (nSPS) is 13.7. The van der Waals surface area contributed by atoms with Crippen LogP contribution in [0, 0.1) is 0 Å². The topological polar surface area (TPSA) is 26.0 Å². The first-order valence-electron chi connectivity index (χ1n) is 3.21. The second-order valence-corrected chi connectivity index (χ2v) is 3.43. The molecule has 0 saturated carbocycles. The molecular weight excluding hydrogens is 201 g/mol. The van der Waals surface area contributed by atoms with Gasteiger partial charge in [0.2, 0.25) is 0 Å². The zero-order valence-electron chi connectivity index (χ0n) is 5.45. The second-order valence-electron chi connectivity index (χ2n) is 2.02. The zero-order valence-corrected chi connectivity index (χ0v) is 7.79. The largest absolute Gasteiger partial charge is 0.329 e. The minimum absolute atomic E-state index is 0.184. The van der Waals surface area contributed by atoms with E-state index >= 15 is 0 Å². The Morgan fingerprint density at radius 3 is 2.56 bits per heavy atom. The molecular formula is C6H13BrClN. The van der Waals surface area contributed by atoms with Crippen LogP contribution in [0.1, 0.15) is 19.3 Å².